The molecule has 0 radical (unpaired) electrons. The van der Waals surface area contributed by atoms with Crippen molar-refractivity contribution in [2.45, 2.75) is 33.1 Å². The van der Waals surface area contributed by atoms with E-state index in [9.17, 15) is 14.7 Å². The lowest BCUT2D eigenvalue weighted by atomic mass is 9.64. The van der Waals surface area contributed by atoms with Gasteiger partial charge in [-0.3, -0.25) is 9.59 Å². The Labute approximate surface area is 110 Å². The van der Waals surface area contributed by atoms with Crippen molar-refractivity contribution in [3.05, 3.63) is 16.6 Å². The number of carboxylic acid groups (broad SMARTS) is 1. The third kappa shape index (κ3) is 2.46. The molecular formula is C13H17NO3S. The molecule has 0 unspecified atom stereocenters. The van der Waals surface area contributed by atoms with E-state index in [1.54, 1.807) is 11.6 Å². The van der Waals surface area contributed by atoms with Crippen LogP contribution in [0.25, 0.3) is 0 Å². The zero-order valence-corrected chi connectivity index (χ0v) is 11.4. The summed E-state index contributed by atoms with van der Waals surface area (Å²) in [6, 6.07) is 0. The number of carbonyl (C=O) groups excluding carboxylic acids is 1. The number of thiazole rings is 1. The van der Waals surface area contributed by atoms with Crippen molar-refractivity contribution in [3.63, 3.8) is 0 Å². The monoisotopic (exact) mass is 267 g/mol. The Kier molecular flexibility index (Phi) is 3.52. The van der Waals surface area contributed by atoms with Crippen LogP contribution in [-0.4, -0.2) is 21.8 Å². The van der Waals surface area contributed by atoms with E-state index < -0.39 is 5.97 Å². The molecule has 0 aromatic carbocycles. The van der Waals surface area contributed by atoms with Crippen LogP contribution in [-0.2, 0) is 4.79 Å². The van der Waals surface area contributed by atoms with Crippen molar-refractivity contribution in [1.29, 1.82) is 0 Å². The van der Waals surface area contributed by atoms with Crippen molar-refractivity contribution in [2.75, 3.05) is 0 Å². The summed E-state index contributed by atoms with van der Waals surface area (Å²) in [7, 11) is 0. The van der Waals surface area contributed by atoms with Gasteiger partial charge < -0.3 is 5.11 Å². The zero-order chi connectivity index (χ0) is 13.3. The van der Waals surface area contributed by atoms with Gasteiger partial charge in [0.05, 0.1) is 5.92 Å². The first kappa shape index (κ1) is 13.2. The van der Waals surface area contributed by atoms with Crippen LogP contribution in [0.2, 0.25) is 0 Å². The standard InChI is InChI=1S/C13H17NO3S/c1-13(2)7-8(3-4-9(13)12(16)17)10(15)11-14-5-6-18-11/h5-6,8-9H,3-4,7H2,1-2H3,(H,16,17)/t8-,9+/m0/s1. The molecule has 1 aromatic rings. The molecule has 1 aliphatic carbocycles. The number of ketones is 1. The van der Waals surface area contributed by atoms with E-state index in [0.29, 0.717) is 24.3 Å². The second kappa shape index (κ2) is 4.80. The minimum atomic E-state index is -0.750. The molecule has 1 fully saturated rings. The Morgan fingerprint density at radius 2 is 2.17 bits per heavy atom. The molecule has 1 saturated carbocycles. The largest absolute Gasteiger partial charge is 0.481 e. The minimum absolute atomic E-state index is 0.0712. The van der Waals surface area contributed by atoms with Gasteiger partial charge in [0.2, 0.25) is 0 Å². The van der Waals surface area contributed by atoms with Gasteiger partial charge in [-0.15, -0.1) is 11.3 Å². The van der Waals surface area contributed by atoms with Crippen molar-refractivity contribution in [2.24, 2.45) is 17.3 Å². The van der Waals surface area contributed by atoms with Gasteiger partial charge in [0.25, 0.3) is 0 Å². The highest BCUT2D eigenvalue weighted by Gasteiger charge is 2.43. The highest BCUT2D eigenvalue weighted by molar-refractivity contribution is 7.11. The molecule has 1 heterocycles. The number of aliphatic carboxylic acids is 1. The van der Waals surface area contributed by atoms with Crippen LogP contribution < -0.4 is 0 Å². The summed E-state index contributed by atoms with van der Waals surface area (Å²) in [6.45, 7) is 3.88. The lowest BCUT2D eigenvalue weighted by Crippen LogP contribution is -2.39. The van der Waals surface area contributed by atoms with Gasteiger partial charge in [0.15, 0.2) is 10.8 Å². The third-order valence-electron chi connectivity index (χ3n) is 3.83. The molecule has 2 rings (SSSR count). The fourth-order valence-corrected chi connectivity index (χ4v) is 3.49. The Morgan fingerprint density at radius 3 is 2.67 bits per heavy atom. The number of carboxylic acids is 1. The van der Waals surface area contributed by atoms with Gasteiger partial charge in [0, 0.05) is 17.5 Å². The SMILES string of the molecule is CC1(C)C[C@@H](C(=O)c2nccs2)CC[C@@H]1C(=O)O. The molecule has 5 heteroatoms. The normalized spacial score (nSPS) is 26.8. The molecule has 1 aliphatic rings. The van der Waals surface area contributed by atoms with Crippen LogP contribution in [0.4, 0.5) is 0 Å². The number of carbonyl (C=O) groups is 2. The van der Waals surface area contributed by atoms with Crippen LogP contribution in [0, 0.1) is 17.3 Å². The number of hydrogen-bond acceptors (Lipinski definition) is 4. The van der Waals surface area contributed by atoms with Crippen molar-refractivity contribution in [1.82, 2.24) is 4.98 Å². The molecule has 0 aliphatic heterocycles. The summed E-state index contributed by atoms with van der Waals surface area (Å²) in [5.41, 5.74) is -0.332. The first-order chi connectivity index (χ1) is 8.42. The molecule has 2 atom stereocenters. The predicted octanol–water partition coefficient (Wildman–Crippen LogP) is 2.85. The second-order valence-electron chi connectivity index (χ2n) is 5.56. The number of rotatable bonds is 3. The average Bonchev–Trinajstić information content (AvgIpc) is 2.79. The molecule has 0 saturated heterocycles. The number of nitrogens with zero attached hydrogens (tertiary/aromatic N) is 1. The van der Waals surface area contributed by atoms with E-state index in [2.05, 4.69) is 4.98 Å². The van der Waals surface area contributed by atoms with E-state index in [-0.39, 0.29) is 23.0 Å². The fraction of sp³-hybridized carbons (Fsp3) is 0.615. The molecule has 98 valence electrons. The third-order valence-corrected chi connectivity index (χ3v) is 4.62. The van der Waals surface area contributed by atoms with Gasteiger partial charge >= 0.3 is 5.97 Å². The maximum atomic E-state index is 12.2. The molecule has 1 N–H and O–H groups in total. The molecule has 0 bridgehead atoms. The van der Waals surface area contributed by atoms with Crippen LogP contribution in [0.15, 0.2) is 11.6 Å². The Balaban J connectivity index is 2.11. The molecule has 18 heavy (non-hydrogen) atoms. The Morgan fingerprint density at radius 1 is 1.44 bits per heavy atom. The van der Waals surface area contributed by atoms with E-state index >= 15 is 0 Å². The van der Waals surface area contributed by atoms with Gasteiger partial charge in [-0.05, 0) is 24.7 Å². The number of hydrogen-bond donors (Lipinski definition) is 1. The van der Waals surface area contributed by atoms with E-state index in [4.69, 9.17) is 0 Å². The number of aromatic nitrogens is 1. The van der Waals surface area contributed by atoms with Gasteiger partial charge in [-0.25, -0.2) is 4.98 Å². The lowest BCUT2D eigenvalue weighted by molar-refractivity contribution is -0.148. The summed E-state index contributed by atoms with van der Waals surface area (Å²) >= 11 is 1.35. The lowest BCUT2D eigenvalue weighted by Gasteiger charge is -2.39. The number of Topliss-reactive ketones (excluding diaryl/α,β-unsaturated/α-hetero) is 1. The summed E-state index contributed by atoms with van der Waals surface area (Å²) in [6.07, 6.45) is 3.48. The van der Waals surface area contributed by atoms with Crippen molar-refractivity contribution < 1.29 is 14.7 Å². The molecule has 0 spiro atoms. The highest BCUT2D eigenvalue weighted by atomic mass is 32.1. The zero-order valence-electron chi connectivity index (χ0n) is 10.5. The Bertz CT molecular complexity index is 453. The summed E-state index contributed by atoms with van der Waals surface area (Å²) in [5.74, 6) is -1.11. The van der Waals surface area contributed by atoms with Crippen LogP contribution >= 0.6 is 11.3 Å². The van der Waals surface area contributed by atoms with Crippen molar-refractivity contribution >= 4 is 23.1 Å². The highest BCUT2D eigenvalue weighted by Crippen LogP contribution is 2.44. The van der Waals surface area contributed by atoms with E-state index in [0.717, 1.165) is 0 Å². The average molecular weight is 267 g/mol. The summed E-state index contributed by atoms with van der Waals surface area (Å²) < 4.78 is 0. The van der Waals surface area contributed by atoms with Gasteiger partial charge in [-0.1, -0.05) is 13.8 Å². The van der Waals surface area contributed by atoms with Crippen molar-refractivity contribution in [3.8, 4) is 0 Å². The second-order valence-corrected chi connectivity index (χ2v) is 6.45. The minimum Gasteiger partial charge on any atom is -0.481 e. The van der Waals surface area contributed by atoms with Gasteiger partial charge in [-0.2, -0.15) is 0 Å². The van der Waals surface area contributed by atoms with Crippen LogP contribution in [0.1, 0.15) is 42.9 Å². The first-order valence-electron chi connectivity index (χ1n) is 6.08. The quantitative estimate of drug-likeness (QED) is 0.855. The van der Waals surface area contributed by atoms with Gasteiger partial charge in [0.1, 0.15) is 0 Å². The van der Waals surface area contributed by atoms with Crippen LogP contribution in [0.3, 0.4) is 0 Å². The maximum absolute atomic E-state index is 12.2. The summed E-state index contributed by atoms with van der Waals surface area (Å²) in [4.78, 5) is 27.5. The van der Waals surface area contributed by atoms with Crippen LogP contribution in [0.5, 0.6) is 0 Å². The smallest absolute Gasteiger partial charge is 0.307 e. The molecule has 0 amide bonds. The fourth-order valence-electron chi connectivity index (χ4n) is 2.84. The van der Waals surface area contributed by atoms with E-state index in [1.165, 1.54) is 11.3 Å². The maximum Gasteiger partial charge on any atom is 0.307 e. The molecule has 1 aromatic heterocycles. The molecule has 4 nitrogen and oxygen atoms in total. The first-order valence-corrected chi connectivity index (χ1v) is 6.96. The Hall–Kier alpha value is -1.23. The summed E-state index contributed by atoms with van der Waals surface area (Å²) in [5, 5.41) is 11.5. The predicted molar refractivity (Wildman–Crippen MR) is 68.7 cm³/mol. The van der Waals surface area contributed by atoms with E-state index in [1.807, 2.05) is 13.8 Å². The topological polar surface area (TPSA) is 67.3 Å². The molecular weight excluding hydrogens is 250 g/mol.